The van der Waals surface area contributed by atoms with Gasteiger partial charge < -0.3 is 9.64 Å². The molecule has 3 heterocycles. The van der Waals surface area contributed by atoms with Gasteiger partial charge in [-0.25, -0.2) is 19.3 Å². The molecule has 1 saturated heterocycles. The fraction of sp³-hybridized carbons (Fsp3) is 0.278. The molecule has 0 aliphatic carbocycles. The summed E-state index contributed by atoms with van der Waals surface area (Å²) >= 11 is 1.55. The molecule has 0 spiro atoms. The van der Waals surface area contributed by atoms with E-state index in [1.807, 2.05) is 18.6 Å². The van der Waals surface area contributed by atoms with Crippen molar-refractivity contribution in [1.82, 2.24) is 15.0 Å². The molecule has 0 saturated carbocycles. The normalized spacial score (nSPS) is 14.7. The van der Waals surface area contributed by atoms with E-state index in [9.17, 15) is 4.39 Å². The summed E-state index contributed by atoms with van der Waals surface area (Å²) in [6, 6.07) is 6.41. The molecule has 25 heavy (non-hydrogen) atoms. The summed E-state index contributed by atoms with van der Waals surface area (Å²) in [7, 11) is 0. The minimum atomic E-state index is -0.259. The minimum Gasteiger partial charge on any atom is -0.378 e. The molecule has 0 atom stereocenters. The number of hydrogen-bond donors (Lipinski definition) is 0. The Morgan fingerprint density at radius 2 is 1.88 bits per heavy atom. The summed E-state index contributed by atoms with van der Waals surface area (Å²) in [6.45, 7) is 4.88. The predicted octanol–water partition coefficient (Wildman–Crippen LogP) is 3.55. The lowest BCUT2D eigenvalue weighted by molar-refractivity contribution is 0.122. The fourth-order valence-corrected chi connectivity index (χ4v) is 3.64. The van der Waals surface area contributed by atoms with Crippen LogP contribution in [0.1, 0.15) is 5.69 Å². The van der Waals surface area contributed by atoms with Crippen molar-refractivity contribution in [3.05, 3.63) is 47.5 Å². The molecule has 2 aromatic heterocycles. The monoisotopic (exact) mass is 356 g/mol. The van der Waals surface area contributed by atoms with Gasteiger partial charge in [0, 0.05) is 24.8 Å². The van der Waals surface area contributed by atoms with Crippen LogP contribution < -0.4 is 4.90 Å². The van der Waals surface area contributed by atoms with Gasteiger partial charge in [-0.15, -0.1) is 11.3 Å². The molecular formula is C18H17FN4OS. The van der Waals surface area contributed by atoms with Gasteiger partial charge in [-0.05, 0) is 24.6 Å². The van der Waals surface area contributed by atoms with Crippen molar-refractivity contribution in [2.45, 2.75) is 6.92 Å². The lowest BCUT2D eigenvalue weighted by Gasteiger charge is -2.27. The van der Waals surface area contributed by atoms with Crippen LogP contribution in [0.3, 0.4) is 0 Å². The fourth-order valence-electron chi connectivity index (χ4n) is 2.83. The summed E-state index contributed by atoms with van der Waals surface area (Å²) in [5.74, 6) is 0.432. The maximum Gasteiger partial charge on any atom is 0.226 e. The molecule has 7 heteroatoms. The molecular weight excluding hydrogens is 339 g/mol. The van der Waals surface area contributed by atoms with Gasteiger partial charge in [0.2, 0.25) is 5.95 Å². The lowest BCUT2D eigenvalue weighted by Crippen LogP contribution is -2.37. The van der Waals surface area contributed by atoms with E-state index < -0.39 is 0 Å². The molecule has 0 N–H and O–H groups in total. The third-order valence-corrected chi connectivity index (χ3v) is 5.12. The van der Waals surface area contributed by atoms with E-state index in [0.29, 0.717) is 19.2 Å². The number of hydrogen-bond acceptors (Lipinski definition) is 6. The molecule has 4 rings (SSSR count). The summed E-state index contributed by atoms with van der Waals surface area (Å²) in [5, 5.41) is 0. The van der Waals surface area contributed by atoms with E-state index >= 15 is 0 Å². The highest BCUT2D eigenvalue weighted by atomic mass is 32.1. The van der Waals surface area contributed by atoms with E-state index in [1.165, 1.54) is 12.1 Å². The zero-order valence-electron chi connectivity index (χ0n) is 13.8. The minimum absolute atomic E-state index is 0.259. The van der Waals surface area contributed by atoms with Crippen LogP contribution in [0.2, 0.25) is 0 Å². The van der Waals surface area contributed by atoms with Crippen molar-refractivity contribution >= 4 is 17.3 Å². The second-order valence-corrected chi connectivity index (χ2v) is 6.66. The molecule has 1 fully saturated rings. The number of aryl methyl sites for hydroxylation is 1. The van der Waals surface area contributed by atoms with Crippen LogP contribution in [0.5, 0.6) is 0 Å². The Hall–Kier alpha value is -2.38. The maximum atomic E-state index is 13.3. The first-order valence-electron chi connectivity index (χ1n) is 8.08. The third-order valence-electron chi connectivity index (χ3n) is 4.19. The molecule has 5 nitrogen and oxygen atoms in total. The van der Waals surface area contributed by atoms with Crippen LogP contribution in [0.15, 0.2) is 36.0 Å². The summed E-state index contributed by atoms with van der Waals surface area (Å²) in [4.78, 5) is 16.9. The average molecular weight is 356 g/mol. The molecule has 0 radical (unpaired) electrons. The Kier molecular flexibility index (Phi) is 4.42. The van der Waals surface area contributed by atoms with Crippen molar-refractivity contribution in [3.63, 3.8) is 0 Å². The number of halogens is 1. The van der Waals surface area contributed by atoms with Crippen LogP contribution in [0.25, 0.3) is 21.7 Å². The highest BCUT2D eigenvalue weighted by molar-refractivity contribution is 7.13. The predicted molar refractivity (Wildman–Crippen MR) is 96.3 cm³/mol. The zero-order valence-corrected chi connectivity index (χ0v) is 14.6. The topological polar surface area (TPSA) is 51.1 Å². The number of ether oxygens (including phenoxy) is 1. The largest absolute Gasteiger partial charge is 0.378 e. The van der Waals surface area contributed by atoms with Crippen LogP contribution in [-0.4, -0.2) is 41.3 Å². The van der Waals surface area contributed by atoms with Crippen molar-refractivity contribution in [3.8, 4) is 21.7 Å². The number of morpholine rings is 1. The summed E-state index contributed by atoms with van der Waals surface area (Å²) in [6.07, 6.45) is 1.82. The second kappa shape index (κ2) is 6.85. The van der Waals surface area contributed by atoms with Crippen LogP contribution in [0.4, 0.5) is 10.3 Å². The van der Waals surface area contributed by atoms with E-state index in [-0.39, 0.29) is 5.82 Å². The molecule has 128 valence electrons. The quantitative estimate of drug-likeness (QED) is 0.718. The molecule has 1 aliphatic rings. The van der Waals surface area contributed by atoms with Crippen molar-refractivity contribution < 1.29 is 9.13 Å². The van der Waals surface area contributed by atoms with Crippen molar-refractivity contribution in [2.75, 3.05) is 31.2 Å². The Morgan fingerprint density at radius 1 is 1.12 bits per heavy atom. The van der Waals surface area contributed by atoms with Crippen molar-refractivity contribution in [2.24, 2.45) is 0 Å². The molecule has 1 aliphatic heterocycles. The Morgan fingerprint density at radius 3 is 2.56 bits per heavy atom. The van der Waals surface area contributed by atoms with Gasteiger partial charge in [-0.2, -0.15) is 0 Å². The Labute approximate surface area is 149 Å². The standard InChI is InChI=1S/C18H17FN4OS/c1-12-17(25-11-21-12)16-15(13-2-4-14(19)5-3-13)10-20-18(22-16)23-6-8-24-9-7-23/h2-5,10-11H,6-9H2,1H3. The zero-order chi connectivity index (χ0) is 17.2. The molecule has 0 amide bonds. The highest BCUT2D eigenvalue weighted by Gasteiger charge is 2.19. The van der Waals surface area contributed by atoms with Gasteiger partial charge >= 0.3 is 0 Å². The van der Waals surface area contributed by atoms with Gasteiger partial charge in [-0.3, -0.25) is 0 Å². The number of thiazole rings is 1. The van der Waals surface area contributed by atoms with Gasteiger partial charge in [-0.1, -0.05) is 12.1 Å². The van der Waals surface area contributed by atoms with Gasteiger partial charge in [0.1, 0.15) is 5.82 Å². The number of anilines is 1. The summed E-state index contributed by atoms with van der Waals surface area (Å²) in [5.41, 5.74) is 5.35. The number of nitrogens with zero attached hydrogens (tertiary/aromatic N) is 4. The van der Waals surface area contributed by atoms with E-state index in [2.05, 4.69) is 14.9 Å². The first-order chi connectivity index (χ1) is 12.2. The van der Waals surface area contributed by atoms with Crippen LogP contribution in [-0.2, 0) is 4.74 Å². The number of aromatic nitrogens is 3. The van der Waals surface area contributed by atoms with E-state index in [4.69, 9.17) is 9.72 Å². The van der Waals surface area contributed by atoms with Crippen LogP contribution >= 0.6 is 11.3 Å². The van der Waals surface area contributed by atoms with E-state index in [0.717, 1.165) is 40.5 Å². The maximum absolute atomic E-state index is 13.3. The molecule has 1 aromatic carbocycles. The smallest absolute Gasteiger partial charge is 0.226 e. The van der Waals surface area contributed by atoms with Crippen molar-refractivity contribution in [1.29, 1.82) is 0 Å². The SMILES string of the molecule is Cc1ncsc1-c1nc(N2CCOCC2)ncc1-c1ccc(F)cc1. The third kappa shape index (κ3) is 3.25. The Balaban J connectivity index is 1.83. The van der Waals surface area contributed by atoms with Gasteiger partial charge in [0.25, 0.3) is 0 Å². The highest BCUT2D eigenvalue weighted by Crippen LogP contribution is 2.35. The number of rotatable bonds is 3. The van der Waals surface area contributed by atoms with E-state index in [1.54, 1.807) is 23.5 Å². The van der Waals surface area contributed by atoms with Crippen LogP contribution in [0, 0.1) is 12.7 Å². The summed E-state index contributed by atoms with van der Waals surface area (Å²) < 4.78 is 18.7. The molecule has 0 unspecified atom stereocenters. The lowest BCUT2D eigenvalue weighted by atomic mass is 10.0. The van der Waals surface area contributed by atoms with Gasteiger partial charge in [0.15, 0.2) is 0 Å². The Bertz CT molecular complexity index is 875. The van der Waals surface area contributed by atoms with Gasteiger partial charge in [0.05, 0.1) is 35.0 Å². The number of benzene rings is 1. The average Bonchev–Trinajstić information content (AvgIpc) is 3.08. The first-order valence-corrected chi connectivity index (χ1v) is 8.96. The molecule has 0 bridgehead atoms. The first kappa shape index (κ1) is 16.1. The molecule has 3 aromatic rings. The second-order valence-electron chi connectivity index (χ2n) is 5.81.